The Kier molecular flexibility index (Phi) is 3.47. The van der Waals surface area contributed by atoms with Crippen LogP contribution in [0.4, 0.5) is 10.1 Å². The molecule has 1 aromatic carbocycles. The smallest absolute Gasteiger partial charge is 0.245 e. The van der Waals surface area contributed by atoms with Gasteiger partial charge in [-0.3, -0.25) is 4.79 Å². The van der Waals surface area contributed by atoms with Crippen molar-refractivity contribution in [2.75, 3.05) is 18.4 Å². The van der Waals surface area contributed by atoms with Crippen molar-refractivity contribution >= 4 is 11.6 Å². The molecule has 1 heterocycles. The first kappa shape index (κ1) is 12.4. The largest absolute Gasteiger partial charge is 0.371 e. The van der Waals surface area contributed by atoms with Gasteiger partial charge in [0.25, 0.3) is 0 Å². The zero-order valence-electron chi connectivity index (χ0n) is 10.1. The summed E-state index contributed by atoms with van der Waals surface area (Å²) in [4.78, 5) is 13.6. The lowest BCUT2D eigenvalue weighted by atomic mass is 10.2. The molecule has 0 radical (unpaired) electrons. The van der Waals surface area contributed by atoms with Gasteiger partial charge in [-0.25, -0.2) is 4.39 Å². The van der Waals surface area contributed by atoms with E-state index in [-0.39, 0.29) is 23.2 Å². The van der Waals surface area contributed by atoms with Gasteiger partial charge in [0.05, 0.1) is 17.3 Å². The molecule has 1 fully saturated rings. The third-order valence-corrected chi connectivity index (χ3v) is 3.11. The molecule has 0 bridgehead atoms. The van der Waals surface area contributed by atoms with Crippen molar-refractivity contribution in [3.05, 3.63) is 29.6 Å². The van der Waals surface area contributed by atoms with E-state index in [0.717, 1.165) is 0 Å². The van der Waals surface area contributed by atoms with E-state index in [0.29, 0.717) is 19.5 Å². The second-order valence-electron chi connectivity index (χ2n) is 4.21. The van der Waals surface area contributed by atoms with Crippen LogP contribution >= 0.6 is 0 Å². The van der Waals surface area contributed by atoms with E-state index < -0.39 is 5.82 Å². The average molecular weight is 247 g/mol. The Morgan fingerprint density at radius 2 is 2.39 bits per heavy atom. The third kappa shape index (κ3) is 2.28. The van der Waals surface area contributed by atoms with Gasteiger partial charge in [0.2, 0.25) is 5.91 Å². The number of hydrogen-bond donors (Lipinski definition) is 1. The van der Waals surface area contributed by atoms with Gasteiger partial charge in [-0.1, -0.05) is 0 Å². The number of nitrogens with zero attached hydrogens (tertiary/aromatic N) is 2. The standard InChI is InChI=1S/C13H14FN3O/c1-2-17-6-5-12(13(17)18)16-11-4-3-9(8-15)7-10(11)14/h3-4,7,12,16H,2,5-6H2,1H3. The first-order chi connectivity index (χ1) is 8.65. The molecule has 0 spiro atoms. The molecule has 1 aliphatic rings. The Morgan fingerprint density at radius 1 is 1.61 bits per heavy atom. The minimum absolute atomic E-state index is 0.00117. The lowest BCUT2D eigenvalue weighted by molar-refractivity contribution is -0.128. The first-order valence-electron chi connectivity index (χ1n) is 5.90. The molecule has 1 aromatic rings. The number of carbonyl (C=O) groups excluding carboxylic acids is 1. The minimum Gasteiger partial charge on any atom is -0.371 e. The zero-order valence-corrected chi connectivity index (χ0v) is 10.1. The second kappa shape index (κ2) is 5.05. The first-order valence-corrected chi connectivity index (χ1v) is 5.90. The summed E-state index contributed by atoms with van der Waals surface area (Å²) in [6.07, 6.45) is 0.673. The Bertz CT molecular complexity index is 509. The second-order valence-corrected chi connectivity index (χ2v) is 4.21. The average Bonchev–Trinajstić information content (AvgIpc) is 2.73. The van der Waals surface area contributed by atoms with Gasteiger partial charge in [0, 0.05) is 13.1 Å². The summed E-state index contributed by atoms with van der Waals surface area (Å²) in [5.74, 6) is -0.502. The van der Waals surface area contributed by atoms with Gasteiger partial charge >= 0.3 is 0 Å². The van der Waals surface area contributed by atoms with Gasteiger partial charge in [0.1, 0.15) is 11.9 Å². The number of likely N-dealkylation sites (N-methyl/N-ethyl adjacent to an activating group) is 1. The Balaban J connectivity index is 2.11. The van der Waals surface area contributed by atoms with Crippen LogP contribution in [0.25, 0.3) is 0 Å². The summed E-state index contributed by atoms with van der Waals surface area (Å²) in [5, 5.41) is 11.5. The molecule has 1 atom stereocenters. The van der Waals surface area contributed by atoms with E-state index in [1.165, 1.54) is 18.2 Å². The van der Waals surface area contributed by atoms with Crippen LogP contribution in [0.5, 0.6) is 0 Å². The molecule has 0 aromatic heterocycles. The van der Waals surface area contributed by atoms with Gasteiger partial charge in [-0.15, -0.1) is 0 Å². The molecule has 0 saturated carbocycles. The summed E-state index contributed by atoms with van der Waals surface area (Å²) in [6.45, 7) is 3.29. The van der Waals surface area contributed by atoms with E-state index >= 15 is 0 Å². The van der Waals surface area contributed by atoms with Crippen molar-refractivity contribution in [3.63, 3.8) is 0 Å². The number of carbonyl (C=O) groups is 1. The summed E-state index contributed by atoms with van der Waals surface area (Å²) in [6, 6.07) is 5.69. The molecule has 94 valence electrons. The maximum atomic E-state index is 13.7. The van der Waals surface area contributed by atoms with Crippen LogP contribution in [0.15, 0.2) is 18.2 Å². The molecule has 18 heavy (non-hydrogen) atoms. The van der Waals surface area contributed by atoms with E-state index in [1.807, 2.05) is 13.0 Å². The predicted octanol–water partition coefficient (Wildman–Crippen LogP) is 1.73. The maximum absolute atomic E-state index is 13.7. The molecule has 1 saturated heterocycles. The van der Waals surface area contributed by atoms with Crippen LogP contribution in [0.1, 0.15) is 18.9 Å². The van der Waals surface area contributed by atoms with Crippen molar-refractivity contribution in [1.29, 1.82) is 5.26 Å². The lowest BCUT2D eigenvalue weighted by Crippen LogP contribution is -2.33. The number of likely N-dealkylation sites (tertiary alicyclic amines) is 1. The maximum Gasteiger partial charge on any atom is 0.245 e. The van der Waals surface area contributed by atoms with Gasteiger partial charge in [-0.2, -0.15) is 5.26 Å². The van der Waals surface area contributed by atoms with Crippen LogP contribution < -0.4 is 5.32 Å². The monoisotopic (exact) mass is 247 g/mol. The van der Waals surface area contributed by atoms with Crippen LogP contribution in [-0.2, 0) is 4.79 Å². The van der Waals surface area contributed by atoms with Crippen molar-refractivity contribution in [1.82, 2.24) is 4.90 Å². The van der Waals surface area contributed by atoms with Crippen molar-refractivity contribution < 1.29 is 9.18 Å². The lowest BCUT2D eigenvalue weighted by Gasteiger charge is -2.15. The van der Waals surface area contributed by atoms with Gasteiger partial charge < -0.3 is 10.2 Å². The topological polar surface area (TPSA) is 56.1 Å². The Morgan fingerprint density at radius 3 is 2.94 bits per heavy atom. The molecular weight excluding hydrogens is 233 g/mol. The molecule has 1 N–H and O–H groups in total. The molecule has 5 heteroatoms. The third-order valence-electron chi connectivity index (χ3n) is 3.11. The number of nitrogens with one attached hydrogen (secondary N) is 1. The molecule has 1 amide bonds. The van der Waals surface area contributed by atoms with E-state index in [1.54, 1.807) is 4.90 Å². The van der Waals surface area contributed by atoms with Crippen LogP contribution in [0.3, 0.4) is 0 Å². The van der Waals surface area contributed by atoms with Gasteiger partial charge in [0.15, 0.2) is 0 Å². The molecular formula is C13H14FN3O. The fourth-order valence-electron chi connectivity index (χ4n) is 2.08. The zero-order chi connectivity index (χ0) is 13.1. The highest BCUT2D eigenvalue weighted by atomic mass is 19.1. The predicted molar refractivity (Wildman–Crippen MR) is 65.4 cm³/mol. The number of halogens is 1. The Hall–Kier alpha value is -2.09. The number of hydrogen-bond acceptors (Lipinski definition) is 3. The molecule has 4 nitrogen and oxygen atoms in total. The quantitative estimate of drug-likeness (QED) is 0.885. The fraction of sp³-hybridized carbons (Fsp3) is 0.385. The number of rotatable bonds is 3. The minimum atomic E-state index is -0.503. The van der Waals surface area contributed by atoms with E-state index in [4.69, 9.17) is 5.26 Å². The highest BCUT2D eigenvalue weighted by Gasteiger charge is 2.30. The number of anilines is 1. The highest BCUT2D eigenvalue weighted by molar-refractivity contribution is 5.86. The van der Waals surface area contributed by atoms with E-state index in [9.17, 15) is 9.18 Å². The highest BCUT2D eigenvalue weighted by Crippen LogP contribution is 2.20. The number of nitriles is 1. The molecule has 1 unspecified atom stereocenters. The molecule has 1 aliphatic heterocycles. The normalized spacial score (nSPS) is 18.8. The SMILES string of the molecule is CCN1CCC(Nc2ccc(C#N)cc2F)C1=O. The fourth-order valence-corrected chi connectivity index (χ4v) is 2.08. The summed E-state index contributed by atoms with van der Waals surface area (Å²) >= 11 is 0. The van der Waals surface area contributed by atoms with Crippen molar-refractivity contribution in [3.8, 4) is 6.07 Å². The van der Waals surface area contributed by atoms with Crippen molar-refractivity contribution in [2.45, 2.75) is 19.4 Å². The van der Waals surface area contributed by atoms with Gasteiger partial charge in [-0.05, 0) is 31.5 Å². The molecule has 2 rings (SSSR count). The molecule has 0 aliphatic carbocycles. The van der Waals surface area contributed by atoms with Crippen LogP contribution in [-0.4, -0.2) is 29.9 Å². The summed E-state index contributed by atoms with van der Waals surface area (Å²) in [7, 11) is 0. The summed E-state index contributed by atoms with van der Waals surface area (Å²) < 4.78 is 13.7. The number of benzene rings is 1. The van der Waals surface area contributed by atoms with Crippen molar-refractivity contribution in [2.24, 2.45) is 0 Å². The Labute approximate surface area is 105 Å². The van der Waals surface area contributed by atoms with Crippen LogP contribution in [0, 0.1) is 17.1 Å². The van der Waals surface area contributed by atoms with E-state index in [2.05, 4.69) is 5.32 Å². The summed E-state index contributed by atoms with van der Waals surface area (Å²) in [5.41, 5.74) is 0.538. The van der Waals surface area contributed by atoms with Crippen LogP contribution in [0.2, 0.25) is 0 Å². The number of amides is 1.